The van der Waals surface area contributed by atoms with E-state index in [0.717, 1.165) is 29.7 Å². The maximum atomic E-state index is 5.91. The lowest BCUT2D eigenvalue weighted by Gasteiger charge is -2.46. The summed E-state index contributed by atoms with van der Waals surface area (Å²) in [6.45, 7) is 12.9. The maximum absolute atomic E-state index is 5.91. The third-order valence-electron chi connectivity index (χ3n) is 4.89. The fraction of sp³-hybridized carbons (Fsp3) is 0.429. The monoisotopic (exact) mass is 336 g/mol. The Labute approximate surface area is 150 Å². The summed E-state index contributed by atoms with van der Waals surface area (Å²) in [5.41, 5.74) is 10.3. The standard InChI is InChI=1S/C21H28N4/c1-6-14-7-9-15(10-8-14)18-17(13-23-19(22)24-18)16-11-20(2,3)25-21(4,5)12-16/h6-10,13,16,25H,1,11-12H2,2-5H3,(H2,22,23,24). The van der Waals surface area contributed by atoms with E-state index < -0.39 is 0 Å². The van der Waals surface area contributed by atoms with Crippen LogP contribution in [0.2, 0.25) is 0 Å². The van der Waals surface area contributed by atoms with E-state index in [2.05, 4.69) is 73.8 Å². The van der Waals surface area contributed by atoms with Gasteiger partial charge in [0, 0.05) is 28.4 Å². The van der Waals surface area contributed by atoms with Crippen molar-refractivity contribution >= 4 is 12.0 Å². The lowest BCUT2D eigenvalue weighted by atomic mass is 9.73. The van der Waals surface area contributed by atoms with Crippen LogP contribution in [0.15, 0.2) is 37.0 Å². The SMILES string of the molecule is C=Cc1ccc(-c2nc(N)ncc2C2CC(C)(C)NC(C)(C)C2)cc1. The van der Waals surface area contributed by atoms with Crippen molar-refractivity contribution in [1.29, 1.82) is 0 Å². The number of hydrogen-bond acceptors (Lipinski definition) is 4. The number of benzene rings is 1. The summed E-state index contributed by atoms with van der Waals surface area (Å²) in [7, 11) is 0. The van der Waals surface area contributed by atoms with Crippen LogP contribution in [0.4, 0.5) is 5.95 Å². The second-order valence-corrected chi connectivity index (χ2v) is 8.36. The average molecular weight is 336 g/mol. The van der Waals surface area contributed by atoms with Crippen molar-refractivity contribution in [3.8, 4) is 11.3 Å². The van der Waals surface area contributed by atoms with Crippen LogP contribution < -0.4 is 11.1 Å². The van der Waals surface area contributed by atoms with E-state index in [-0.39, 0.29) is 11.1 Å². The number of nitrogens with two attached hydrogens (primary N) is 1. The van der Waals surface area contributed by atoms with Gasteiger partial charge in [-0.1, -0.05) is 36.9 Å². The number of anilines is 1. The van der Waals surface area contributed by atoms with Crippen LogP contribution in [-0.2, 0) is 0 Å². The molecule has 1 aliphatic rings. The zero-order valence-electron chi connectivity index (χ0n) is 15.6. The van der Waals surface area contributed by atoms with Gasteiger partial charge >= 0.3 is 0 Å². The molecule has 1 fully saturated rings. The van der Waals surface area contributed by atoms with Crippen LogP contribution in [0.1, 0.15) is 57.6 Å². The third kappa shape index (κ3) is 3.90. The Morgan fingerprint density at radius 1 is 1.12 bits per heavy atom. The van der Waals surface area contributed by atoms with Gasteiger partial charge in [0.2, 0.25) is 5.95 Å². The first-order valence-electron chi connectivity index (χ1n) is 8.84. The van der Waals surface area contributed by atoms with Crippen molar-refractivity contribution in [2.75, 3.05) is 5.73 Å². The number of nitrogens with zero attached hydrogens (tertiary/aromatic N) is 2. The molecule has 0 amide bonds. The average Bonchev–Trinajstić information content (AvgIpc) is 2.52. The fourth-order valence-electron chi connectivity index (χ4n) is 4.25. The second kappa shape index (κ2) is 6.26. The Kier molecular flexibility index (Phi) is 4.41. The van der Waals surface area contributed by atoms with Gasteiger partial charge in [0.25, 0.3) is 0 Å². The smallest absolute Gasteiger partial charge is 0.220 e. The Morgan fingerprint density at radius 3 is 2.28 bits per heavy atom. The first kappa shape index (κ1) is 17.6. The van der Waals surface area contributed by atoms with Crippen molar-refractivity contribution in [2.45, 2.75) is 57.5 Å². The van der Waals surface area contributed by atoms with Gasteiger partial charge in [-0.3, -0.25) is 0 Å². The van der Waals surface area contributed by atoms with Crippen molar-refractivity contribution in [1.82, 2.24) is 15.3 Å². The first-order chi connectivity index (χ1) is 11.7. The van der Waals surface area contributed by atoms with E-state index in [4.69, 9.17) is 5.73 Å². The number of nitrogens with one attached hydrogen (secondary N) is 1. The van der Waals surface area contributed by atoms with Gasteiger partial charge in [-0.05, 0) is 52.0 Å². The van der Waals surface area contributed by atoms with Crippen LogP contribution in [0.5, 0.6) is 0 Å². The molecule has 0 spiro atoms. The molecule has 132 valence electrons. The van der Waals surface area contributed by atoms with Crippen LogP contribution in [0.25, 0.3) is 17.3 Å². The predicted octanol–water partition coefficient (Wildman–Crippen LogP) is 4.39. The minimum Gasteiger partial charge on any atom is -0.368 e. The van der Waals surface area contributed by atoms with Crippen LogP contribution in [-0.4, -0.2) is 21.0 Å². The molecule has 25 heavy (non-hydrogen) atoms. The van der Waals surface area contributed by atoms with Crippen LogP contribution in [0, 0.1) is 0 Å². The summed E-state index contributed by atoms with van der Waals surface area (Å²) in [6, 6.07) is 8.28. The summed E-state index contributed by atoms with van der Waals surface area (Å²) >= 11 is 0. The second-order valence-electron chi connectivity index (χ2n) is 8.36. The highest BCUT2D eigenvalue weighted by Crippen LogP contribution is 2.41. The summed E-state index contributed by atoms with van der Waals surface area (Å²) in [6.07, 6.45) is 5.85. The highest BCUT2D eigenvalue weighted by molar-refractivity contribution is 5.66. The highest BCUT2D eigenvalue weighted by Gasteiger charge is 2.39. The zero-order chi connectivity index (χ0) is 18.2. The Hall–Kier alpha value is -2.20. The number of rotatable bonds is 3. The molecule has 0 bridgehead atoms. The molecule has 0 aliphatic carbocycles. The Balaban J connectivity index is 2.05. The molecule has 0 atom stereocenters. The lowest BCUT2D eigenvalue weighted by molar-refractivity contribution is 0.162. The minimum atomic E-state index is 0.0672. The van der Waals surface area contributed by atoms with E-state index in [1.807, 2.05) is 12.3 Å². The third-order valence-corrected chi connectivity index (χ3v) is 4.89. The topological polar surface area (TPSA) is 63.8 Å². The van der Waals surface area contributed by atoms with Gasteiger partial charge in [-0.15, -0.1) is 0 Å². The van der Waals surface area contributed by atoms with Gasteiger partial charge in [-0.25, -0.2) is 9.97 Å². The normalized spacial score (nSPS) is 19.5. The number of piperidine rings is 1. The summed E-state index contributed by atoms with van der Waals surface area (Å²) < 4.78 is 0. The summed E-state index contributed by atoms with van der Waals surface area (Å²) in [5, 5.41) is 3.74. The highest BCUT2D eigenvalue weighted by atomic mass is 15.1. The fourth-order valence-corrected chi connectivity index (χ4v) is 4.25. The quantitative estimate of drug-likeness (QED) is 0.872. The molecule has 1 aliphatic heterocycles. The van der Waals surface area contributed by atoms with E-state index in [1.165, 1.54) is 5.56 Å². The van der Waals surface area contributed by atoms with E-state index in [1.54, 1.807) is 0 Å². The Bertz CT molecular complexity index is 759. The molecule has 1 aromatic carbocycles. The molecular formula is C21H28N4. The maximum Gasteiger partial charge on any atom is 0.220 e. The molecule has 3 N–H and O–H groups in total. The van der Waals surface area contributed by atoms with Gasteiger partial charge in [0.05, 0.1) is 5.69 Å². The summed E-state index contributed by atoms with van der Waals surface area (Å²) in [4.78, 5) is 8.89. The molecule has 1 saturated heterocycles. The van der Waals surface area contributed by atoms with E-state index in [0.29, 0.717) is 11.9 Å². The van der Waals surface area contributed by atoms with Crippen LogP contribution in [0.3, 0.4) is 0 Å². The molecule has 1 aromatic heterocycles. The molecule has 0 saturated carbocycles. The van der Waals surface area contributed by atoms with Crippen molar-refractivity contribution in [3.63, 3.8) is 0 Å². The van der Waals surface area contributed by atoms with Gasteiger partial charge in [0.15, 0.2) is 0 Å². The van der Waals surface area contributed by atoms with Crippen molar-refractivity contribution in [3.05, 3.63) is 48.2 Å². The number of aromatic nitrogens is 2. The van der Waals surface area contributed by atoms with Crippen molar-refractivity contribution in [2.24, 2.45) is 0 Å². The minimum absolute atomic E-state index is 0.0672. The van der Waals surface area contributed by atoms with E-state index in [9.17, 15) is 0 Å². The molecule has 0 radical (unpaired) electrons. The first-order valence-corrected chi connectivity index (χ1v) is 8.84. The molecule has 3 rings (SSSR count). The van der Waals surface area contributed by atoms with Crippen molar-refractivity contribution < 1.29 is 0 Å². The molecule has 4 heteroatoms. The molecule has 2 aromatic rings. The largest absolute Gasteiger partial charge is 0.368 e. The van der Waals surface area contributed by atoms with Gasteiger partial charge in [-0.2, -0.15) is 0 Å². The van der Waals surface area contributed by atoms with Gasteiger partial charge in [0.1, 0.15) is 0 Å². The molecular weight excluding hydrogens is 308 g/mol. The lowest BCUT2D eigenvalue weighted by Crippen LogP contribution is -2.57. The Morgan fingerprint density at radius 2 is 1.72 bits per heavy atom. The van der Waals surface area contributed by atoms with Crippen LogP contribution >= 0.6 is 0 Å². The molecule has 4 nitrogen and oxygen atoms in total. The number of hydrogen-bond donors (Lipinski definition) is 2. The summed E-state index contributed by atoms with van der Waals surface area (Å²) in [5.74, 6) is 0.708. The molecule has 2 heterocycles. The predicted molar refractivity (Wildman–Crippen MR) is 105 cm³/mol. The zero-order valence-corrected chi connectivity index (χ0v) is 15.6. The number of nitrogen functional groups attached to an aromatic ring is 1. The van der Waals surface area contributed by atoms with E-state index >= 15 is 0 Å². The molecule has 0 unspecified atom stereocenters. The van der Waals surface area contributed by atoms with Gasteiger partial charge < -0.3 is 11.1 Å².